The van der Waals surface area contributed by atoms with Crippen molar-refractivity contribution >= 4 is 5.84 Å². The molecule has 0 aromatic carbocycles. The monoisotopic (exact) mass is 222 g/mol. The molecule has 2 N–H and O–H groups in total. The highest BCUT2D eigenvalue weighted by atomic mass is 15.0. The largest absolute Gasteiger partial charge is 0.387 e. The van der Waals surface area contributed by atoms with E-state index in [1.165, 1.54) is 19.3 Å². The molecule has 0 heterocycles. The van der Waals surface area contributed by atoms with Crippen LogP contribution in [0.4, 0.5) is 0 Å². The highest BCUT2D eigenvalue weighted by Crippen LogP contribution is 2.63. The second kappa shape index (κ2) is 3.48. The first-order valence-corrected chi connectivity index (χ1v) is 6.60. The number of aliphatic imine (C=N–C) groups is 1. The number of nitrogens with zero attached hydrogens (tertiary/aromatic N) is 1. The molecule has 0 amide bonds. The number of amidine groups is 1. The van der Waals surface area contributed by atoms with Gasteiger partial charge >= 0.3 is 0 Å². The molecular formula is C14H26N2. The predicted octanol–water partition coefficient (Wildman–Crippen LogP) is 3.21. The van der Waals surface area contributed by atoms with E-state index in [0.717, 1.165) is 11.8 Å². The van der Waals surface area contributed by atoms with Crippen molar-refractivity contribution in [2.45, 2.75) is 59.9 Å². The number of nitrogens with two attached hydrogens (primary N) is 1. The molecule has 0 aromatic rings. The van der Waals surface area contributed by atoms with Gasteiger partial charge in [-0.15, -0.1) is 0 Å². The van der Waals surface area contributed by atoms with Crippen LogP contribution in [0.25, 0.3) is 0 Å². The molecule has 2 bridgehead atoms. The summed E-state index contributed by atoms with van der Waals surface area (Å²) < 4.78 is 0. The van der Waals surface area contributed by atoms with Crippen LogP contribution in [0.2, 0.25) is 0 Å². The molecule has 2 saturated carbocycles. The zero-order valence-corrected chi connectivity index (χ0v) is 11.4. The van der Waals surface area contributed by atoms with Crippen molar-refractivity contribution in [2.75, 3.05) is 0 Å². The summed E-state index contributed by atoms with van der Waals surface area (Å²) in [5.41, 5.74) is 6.81. The fraction of sp³-hybridized carbons (Fsp3) is 0.929. The van der Waals surface area contributed by atoms with Gasteiger partial charge in [0.15, 0.2) is 0 Å². The lowest BCUT2D eigenvalue weighted by molar-refractivity contribution is 0.142. The van der Waals surface area contributed by atoms with Crippen LogP contribution in [0.5, 0.6) is 0 Å². The predicted molar refractivity (Wildman–Crippen MR) is 69.5 cm³/mol. The Labute approximate surface area is 99.7 Å². The van der Waals surface area contributed by atoms with E-state index >= 15 is 0 Å². The number of fused-ring (bicyclic) bond motifs is 2. The van der Waals surface area contributed by atoms with E-state index in [9.17, 15) is 0 Å². The number of hydrogen-bond donors (Lipinski definition) is 1. The second-order valence-corrected chi connectivity index (χ2v) is 7.03. The highest BCUT2D eigenvalue weighted by Gasteiger charge is 2.59. The van der Waals surface area contributed by atoms with Gasteiger partial charge < -0.3 is 5.73 Å². The molecule has 0 aliphatic heterocycles. The molecule has 2 aliphatic carbocycles. The SMILES string of the molecule is CC(C)C(N)=NC1C2(C)CCC(C2)C1(C)C. The van der Waals surface area contributed by atoms with Crippen molar-refractivity contribution in [2.24, 2.45) is 33.4 Å². The first-order chi connectivity index (χ1) is 7.27. The lowest BCUT2D eigenvalue weighted by Crippen LogP contribution is -2.40. The molecule has 0 spiro atoms. The fourth-order valence-electron chi connectivity index (χ4n) is 3.90. The van der Waals surface area contributed by atoms with Crippen LogP contribution in [0, 0.1) is 22.7 Å². The minimum absolute atomic E-state index is 0.340. The number of rotatable bonds is 2. The summed E-state index contributed by atoms with van der Waals surface area (Å²) in [7, 11) is 0. The van der Waals surface area contributed by atoms with E-state index in [4.69, 9.17) is 10.7 Å². The zero-order valence-electron chi connectivity index (χ0n) is 11.4. The maximum atomic E-state index is 6.06. The van der Waals surface area contributed by atoms with Gasteiger partial charge in [0.2, 0.25) is 0 Å². The van der Waals surface area contributed by atoms with Gasteiger partial charge in [-0.1, -0.05) is 34.6 Å². The van der Waals surface area contributed by atoms with Gasteiger partial charge in [-0.3, -0.25) is 4.99 Å². The van der Waals surface area contributed by atoms with Crippen LogP contribution in [-0.4, -0.2) is 11.9 Å². The highest BCUT2D eigenvalue weighted by molar-refractivity contribution is 5.82. The van der Waals surface area contributed by atoms with Crippen molar-refractivity contribution in [3.8, 4) is 0 Å². The van der Waals surface area contributed by atoms with Gasteiger partial charge in [0.05, 0.1) is 11.9 Å². The molecule has 2 fully saturated rings. The zero-order chi connectivity index (χ0) is 12.1. The minimum atomic E-state index is 0.340. The fourth-order valence-corrected chi connectivity index (χ4v) is 3.90. The smallest absolute Gasteiger partial charge is 0.0966 e. The van der Waals surface area contributed by atoms with E-state index < -0.39 is 0 Å². The van der Waals surface area contributed by atoms with Crippen LogP contribution in [0.15, 0.2) is 4.99 Å². The third-order valence-corrected chi connectivity index (χ3v) is 5.06. The van der Waals surface area contributed by atoms with Gasteiger partial charge in [-0.25, -0.2) is 0 Å². The minimum Gasteiger partial charge on any atom is -0.387 e. The Kier molecular flexibility index (Phi) is 2.60. The van der Waals surface area contributed by atoms with Crippen LogP contribution < -0.4 is 5.73 Å². The first kappa shape index (κ1) is 11.9. The molecule has 0 aromatic heterocycles. The Morgan fingerprint density at radius 3 is 2.38 bits per heavy atom. The van der Waals surface area contributed by atoms with Gasteiger partial charge in [0.25, 0.3) is 0 Å². The van der Waals surface area contributed by atoms with Gasteiger partial charge in [0.1, 0.15) is 0 Å². The molecule has 3 unspecified atom stereocenters. The maximum absolute atomic E-state index is 6.06. The topological polar surface area (TPSA) is 38.4 Å². The maximum Gasteiger partial charge on any atom is 0.0966 e. The Morgan fingerprint density at radius 2 is 1.94 bits per heavy atom. The summed E-state index contributed by atoms with van der Waals surface area (Å²) in [5.74, 6) is 2.07. The van der Waals surface area contributed by atoms with E-state index in [2.05, 4.69) is 34.6 Å². The normalized spacial score (nSPS) is 42.0. The van der Waals surface area contributed by atoms with Crippen molar-refractivity contribution in [3.05, 3.63) is 0 Å². The molecule has 92 valence electrons. The third kappa shape index (κ3) is 1.57. The van der Waals surface area contributed by atoms with Crippen LogP contribution in [0.1, 0.15) is 53.9 Å². The van der Waals surface area contributed by atoms with Crippen LogP contribution in [0.3, 0.4) is 0 Å². The quantitative estimate of drug-likeness (QED) is 0.565. The van der Waals surface area contributed by atoms with Gasteiger partial charge in [-0.05, 0) is 36.0 Å². The third-order valence-electron chi connectivity index (χ3n) is 5.06. The summed E-state index contributed by atoms with van der Waals surface area (Å²) >= 11 is 0. The van der Waals surface area contributed by atoms with E-state index in [-0.39, 0.29) is 0 Å². The Morgan fingerprint density at radius 1 is 1.31 bits per heavy atom. The summed E-state index contributed by atoms with van der Waals surface area (Å²) in [6.45, 7) is 11.4. The van der Waals surface area contributed by atoms with Gasteiger partial charge in [0, 0.05) is 5.92 Å². The average molecular weight is 222 g/mol. The lowest BCUT2D eigenvalue weighted by atomic mass is 9.68. The van der Waals surface area contributed by atoms with E-state index in [0.29, 0.717) is 22.8 Å². The van der Waals surface area contributed by atoms with E-state index in [1.54, 1.807) is 0 Å². The molecule has 0 saturated heterocycles. The average Bonchev–Trinajstić information content (AvgIpc) is 2.63. The van der Waals surface area contributed by atoms with Crippen molar-refractivity contribution in [3.63, 3.8) is 0 Å². The second-order valence-electron chi connectivity index (χ2n) is 7.03. The van der Waals surface area contributed by atoms with Crippen molar-refractivity contribution < 1.29 is 0 Å². The number of hydrogen-bond acceptors (Lipinski definition) is 1. The van der Waals surface area contributed by atoms with Crippen molar-refractivity contribution in [1.82, 2.24) is 0 Å². The van der Waals surface area contributed by atoms with Crippen LogP contribution in [-0.2, 0) is 0 Å². The summed E-state index contributed by atoms with van der Waals surface area (Å²) in [4.78, 5) is 4.88. The summed E-state index contributed by atoms with van der Waals surface area (Å²) in [6, 6.07) is 0.432. The Bertz CT molecular complexity index is 312. The van der Waals surface area contributed by atoms with E-state index in [1.807, 2.05) is 0 Å². The molecule has 16 heavy (non-hydrogen) atoms. The lowest BCUT2D eigenvalue weighted by Gasteiger charge is -2.40. The molecule has 3 atom stereocenters. The summed E-state index contributed by atoms with van der Waals surface area (Å²) in [5, 5.41) is 0. The molecule has 2 aliphatic rings. The molecule has 2 nitrogen and oxygen atoms in total. The van der Waals surface area contributed by atoms with Crippen molar-refractivity contribution in [1.29, 1.82) is 0 Å². The first-order valence-electron chi connectivity index (χ1n) is 6.60. The van der Waals surface area contributed by atoms with Crippen LogP contribution >= 0.6 is 0 Å². The molecule has 0 radical (unpaired) electrons. The molecule has 2 rings (SSSR count). The Hall–Kier alpha value is -0.530. The molecule has 2 heteroatoms. The summed E-state index contributed by atoms with van der Waals surface area (Å²) in [6.07, 6.45) is 4.07. The van der Waals surface area contributed by atoms with Gasteiger partial charge in [-0.2, -0.15) is 0 Å². The Balaban J connectivity index is 2.30. The molecular weight excluding hydrogens is 196 g/mol. The standard InChI is InChI=1S/C14H26N2/c1-9(2)11(15)16-12-13(3,4)10-6-7-14(12,5)8-10/h9-10,12H,6-8H2,1-5H3,(H2,15,16).